The van der Waals surface area contributed by atoms with Crippen LogP contribution in [0, 0.1) is 0 Å². The number of carbonyl (C=O) groups excluding carboxylic acids is 1. The Hall–Kier alpha value is -3.32. The van der Waals surface area contributed by atoms with E-state index in [-0.39, 0.29) is 22.9 Å². The summed E-state index contributed by atoms with van der Waals surface area (Å²) in [5.74, 6) is -1.59. The molecule has 2 atom stereocenters. The van der Waals surface area contributed by atoms with Crippen LogP contribution in [0.25, 0.3) is 0 Å². The average Bonchev–Trinajstić information content (AvgIpc) is 2.71. The van der Waals surface area contributed by atoms with Gasteiger partial charge in [0, 0.05) is 11.2 Å². The van der Waals surface area contributed by atoms with Gasteiger partial charge in [0.15, 0.2) is 6.23 Å². The van der Waals surface area contributed by atoms with Gasteiger partial charge in [0.2, 0.25) is 0 Å². The standard InChI is InChI=1S/C21H18ClFN2O4/c1-12(13-2-4-14(5-3-13)21(27)28)25-20(26)17-10-15(22)6-8-18(17)29-19-9-7-16(23)11-24-19/h2-12,19,24H,1H3,(H,25,26)(H,27,28)/t12-,19?/m0/s1. The molecule has 1 aliphatic heterocycles. The highest BCUT2D eigenvalue weighted by Crippen LogP contribution is 2.25. The Bertz CT molecular complexity index is 989. The zero-order valence-corrected chi connectivity index (χ0v) is 16.1. The molecule has 0 spiro atoms. The van der Waals surface area contributed by atoms with Crippen molar-refractivity contribution < 1.29 is 23.8 Å². The molecule has 0 fully saturated rings. The van der Waals surface area contributed by atoms with Gasteiger partial charge in [-0.05, 0) is 55.0 Å². The fourth-order valence-electron chi connectivity index (χ4n) is 2.71. The maximum absolute atomic E-state index is 13.1. The number of carboxylic acid groups (broad SMARTS) is 1. The molecule has 6 nitrogen and oxygen atoms in total. The quantitative estimate of drug-likeness (QED) is 0.656. The van der Waals surface area contributed by atoms with Gasteiger partial charge >= 0.3 is 5.97 Å². The van der Waals surface area contributed by atoms with E-state index >= 15 is 0 Å². The molecule has 1 heterocycles. The summed E-state index contributed by atoms with van der Waals surface area (Å²) in [7, 11) is 0. The number of nitrogens with one attached hydrogen (secondary N) is 2. The lowest BCUT2D eigenvalue weighted by Gasteiger charge is -2.21. The number of aromatic carboxylic acids is 1. The summed E-state index contributed by atoms with van der Waals surface area (Å²) in [4.78, 5) is 23.8. The van der Waals surface area contributed by atoms with Gasteiger partial charge < -0.3 is 20.5 Å². The van der Waals surface area contributed by atoms with Gasteiger partial charge in [0.25, 0.3) is 5.91 Å². The highest BCUT2D eigenvalue weighted by atomic mass is 35.5. The zero-order chi connectivity index (χ0) is 21.0. The predicted octanol–water partition coefficient (Wildman–Crippen LogP) is 4.20. The van der Waals surface area contributed by atoms with Crippen LogP contribution in [0.15, 0.2) is 66.6 Å². The van der Waals surface area contributed by atoms with Gasteiger partial charge in [-0.2, -0.15) is 0 Å². The van der Waals surface area contributed by atoms with Crippen LogP contribution >= 0.6 is 11.6 Å². The van der Waals surface area contributed by atoms with Crippen LogP contribution < -0.4 is 15.4 Å². The number of rotatable bonds is 6. The van der Waals surface area contributed by atoms with Crippen molar-refractivity contribution in [3.8, 4) is 5.75 Å². The lowest BCUT2D eigenvalue weighted by molar-refractivity contribution is 0.0696. The molecular formula is C21H18ClFN2O4. The minimum atomic E-state index is -1.02. The molecule has 2 aromatic carbocycles. The molecule has 1 amide bonds. The van der Waals surface area contributed by atoms with E-state index in [2.05, 4.69) is 10.6 Å². The number of halogens is 2. The molecule has 1 aliphatic rings. The highest BCUT2D eigenvalue weighted by Gasteiger charge is 2.19. The summed E-state index contributed by atoms with van der Waals surface area (Å²) >= 11 is 6.04. The van der Waals surface area contributed by atoms with Crippen LogP contribution in [-0.2, 0) is 0 Å². The summed E-state index contributed by atoms with van der Waals surface area (Å²) in [6.45, 7) is 1.78. The largest absolute Gasteiger partial charge is 0.478 e. The molecule has 0 aliphatic carbocycles. The van der Waals surface area contributed by atoms with Crippen molar-refractivity contribution in [2.45, 2.75) is 19.2 Å². The topological polar surface area (TPSA) is 87.7 Å². The van der Waals surface area contributed by atoms with Crippen molar-refractivity contribution in [2.24, 2.45) is 0 Å². The van der Waals surface area contributed by atoms with Gasteiger partial charge in [-0.3, -0.25) is 4.79 Å². The summed E-state index contributed by atoms with van der Waals surface area (Å²) in [5, 5.41) is 14.9. The van der Waals surface area contributed by atoms with Gasteiger partial charge in [-0.25, -0.2) is 9.18 Å². The minimum absolute atomic E-state index is 0.163. The monoisotopic (exact) mass is 416 g/mol. The molecule has 0 aromatic heterocycles. The van der Waals surface area contributed by atoms with Crippen LogP contribution in [-0.4, -0.2) is 23.2 Å². The number of amides is 1. The van der Waals surface area contributed by atoms with E-state index in [1.165, 1.54) is 36.6 Å². The Morgan fingerprint density at radius 3 is 2.59 bits per heavy atom. The molecule has 8 heteroatoms. The fourth-order valence-corrected chi connectivity index (χ4v) is 2.88. The maximum atomic E-state index is 13.1. The lowest BCUT2D eigenvalue weighted by Crippen LogP contribution is -2.32. The van der Waals surface area contributed by atoms with Gasteiger partial charge in [-0.15, -0.1) is 0 Å². The van der Waals surface area contributed by atoms with E-state index in [1.807, 2.05) is 0 Å². The van der Waals surface area contributed by atoms with Crippen molar-refractivity contribution in [3.63, 3.8) is 0 Å². The summed E-state index contributed by atoms with van der Waals surface area (Å²) < 4.78 is 18.8. The molecule has 0 saturated heterocycles. The number of allylic oxidation sites excluding steroid dienone is 2. The van der Waals surface area contributed by atoms with Crippen molar-refractivity contribution in [3.05, 3.63) is 88.4 Å². The number of ether oxygens (including phenoxy) is 1. The zero-order valence-electron chi connectivity index (χ0n) is 15.4. The van der Waals surface area contributed by atoms with Crippen LogP contribution in [0.2, 0.25) is 5.02 Å². The van der Waals surface area contributed by atoms with E-state index in [9.17, 15) is 14.0 Å². The van der Waals surface area contributed by atoms with Gasteiger partial charge in [0.1, 0.15) is 11.6 Å². The number of carboxylic acids is 1. The molecule has 150 valence electrons. The molecular weight excluding hydrogens is 399 g/mol. The Morgan fingerprint density at radius 2 is 1.97 bits per heavy atom. The first-order chi connectivity index (χ1) is 13.8. The normalized spacial score (nSPS) is 16.4. The first kappa shape index (κ1) is 20.4. The SMILES string of the molecule is C[C@H](NC(=O)c1cc(Cl)ccc1OC1C=CC(F)=CN1)c1ccc(C(=O)O)cc1. The van der Waals surface area contributed by atoms with Crippen molar-refractivity contribution >= 4 is 23.5 Å². The molecule has 0 bridgehead atoms. The predicted molar refractivity (Wildman–Crippen MR) is 107 cm³/mol. The second-order valence-corrected chi connectivity index (χ2v) is 6.79. The summed E-state index contributed by atoms with van der Waals surface area (Å²) in [6.07, 6.45) is 3.28. The van der Waals surface area contributed by atoms with Crippen molar-refractivity contribution in [1.29, 1.82) is 0 Å². The van der Waals surface area contributed by atoms with E-state index < -0.39 is 23.9 Å². The van der Waals surface area contributed by atoms with Crippen molar-refractivity contribution in [1.82, 2.24) is 10.6 Å². The van der Waals surface area contributed by atoms with E-state index in [0.717, 1.165) is 5.56 Å². The van der Waals surface area contributed by atoms with Gasteiger partial charge in [0.05, 0.1) is 17.2 Å². The van der Waals surface area contributed by atoms with Crippen LogP contribution in [0.5, 0.6) is 5.75 Å². The number of dihydropyridines is 1. The molecule has 1 unspecified atom stereocenters. The Kier molecular flexibility index (Phi) is 6.19. The van der Waals surface area contributed by atoms with Crippen molar-refractivity contribution in [2.75, 3.05) is 0 Å². The van der Waals surface area contributed by atoms with Crippen LogP contribution in [0.1, 0.15) is 39.2 Å². The van der Waals surface area contributed by atoms with Crippen LogP contribution in [0.3, 0.4) is 0 Å². The average molecular weight is 417 g/mol. The number of hydrogen-bond acceptors (Lipinski definition) is 4. The second-order valence-electron chi connectivity index (χ2n) is 6.36. The number of carbonyl (C=O) groups is 2. The Labute approximate surface area is 171 Å². The molecule has 0 radical (unpaired) electrons. The Balaban J connectivity index is 1.75. The minimum Gasteiger partial charge on any atom is -0.478 e. The molecule has 0 saturated carbocycles. The van der Waals surface area contributed by atoms with E-state index in [1.54, 1.807) is 31.2 Å². The second kappa shape index (κ2) is 8.79. The third kappa shape index (κ3) is 5.14. The summed E-state index contributed by atoms with van der Waals surface area (Å²) in [6, 6.07) is 10.5. The highest BCUT2D eigenvalue weighted by molar-refractivity contribution is 6.31. The Morgan fingerprint density at radius 1 is 1.24 bits per heavy atom. The van der Waals surface area contributed by atoms with E-state index in [0.29, 0.717) is 5.02 Å². The third-order valence-corrected chi connectivity index (χ3v) is 4.50. The molecule has 3 N–H and O–H groups in total. The third-order valence-electron chi connectivity index (χ3n) is 4.26. The summed E-state index contributed by atoms with van der Waals surface area (Å²) in [5.41, 5.74) is 1.12. The first-order valence-electron chi connectivity index (χ1n) is 8.74. The maximum Gasteiger partial charge on any atom is 0.335 e. The lowest BCUT2D eigenvalue weighted by atomic mass is 10.1. The smallest absolute Gasteiger partial charge is 0.335 e. The number of benzene rings is 2. The molecule has 29 heavy (non-hydrogen) atoms. The fraction of sp³-hybridized carbons (Fsp3) is 0.143. The van der Waals surface area contributed by atoms with Crippen LogP contribution in [0.4, 0.5) is 4.39 Å². The molecule has 3 rings (SSSR count). The van der Waals surface area contributed by atoms with Gasteiger partial charge in [-0.1, -0.05) is 23.7 Å². The number of hydrogen-bond donors (Lipinski definition) is 3. The van der Waals surface area contributed by atoms with E-state index in [4.69, 9.17) is 21.4 Å². The molecule has 2 aromatic rings. The first-order valence-corrected chi connectivity index (χ1v) is 9.11.